The van der Waals surface area contributed by atoms with E-state index in [-0.39, 0.29) is 12.1 Å². The van der Waals surface area contributed by atoms with E-state index in [1.807, 2.05) is 24.4 Å². The van der Waals surface area contributed by atoms with E-state index in [2.05, 4.69) is 76.1 Å². The first kappa shape index (κ1) is 17.7. The summed E-state index contributed by atoms with van der Waals surface area (Å²) in [6.45, 7) is 5.26. The van der Waals surface area contributed by atoms with E-state index in [0.29, 0.717) is 0 Å². The monoisotopic (exact) mass is 376 g/mol. The molecule has 5 heteroatoms. The Labute approximate surface area is 165 Å². The van der Waals surface area contributed by atoms with Crippen molar-refractivity contribution >= 4 is 17.3 Å². The SMILES string of the molecule is CCCN1C(=S)N[C@@H](c2ccccn2)[C@H]1c1ccc(C)n1-c1ccccc1. The fourth-order valence-corrected chi connectivity index (χ4v) is 4.26. The van der Waals surface area contributed by atoms with Crippen LogP contribution in [0.25, 0.3) is 5.69 Å². The molecule has 1 N–H and O–H groups in total. The van der Waals surface area contributed by atoms with Gasteiger partial charge in [0.1, 0.15) is 0 Å². The number of rotatable bonds is 5. The molecule has 4 rings (SSSR count). The van der Waals surface area contributed by atoms with Gasteiger partial charge in [0.05, 0.1) is 17.8 Å². The van der Waals surface area contributed by atoms with E-state index in [0.717, 1.165) is 23.8 Å². The summed E-state index contributed by atoms with van der Waals surface area (Å²) in [7, 11) is 0. The number of thiocarbonyl (C=S) groups is 1. The number of hydrogen-bond acceptors (Lipinski definition) is 2. The second-order valence-electron chi connectivity index (χ2n) is 6.89. The van der Waals surface area contributed by atoms with Crippen LogP contribution in [0.15, 0.2) is 66.9 Å². The van der Waals surface area contributed by atoms with Crippen LogP contribution >= 0.6 is 12.2 Å². The zero-order chi connectivity index (χ0) is 18.8. The number of aromatic nitrogens is 2. The molecule has 1 aliphatic heterocycles. The minimum atomic E-state index is 0.0296. The zero-order valence-electron chi connectivity index (χ0n) is 15.7. The predicted molar refractivity (Wildman–Crippen MR) is 113 cm³/mol. The van der Waals surface area contributed by atoms with Crippen LogP contribution in [0.4, 0.5) is 0 Å². The molecule has 3 aromatic rings. The first-order valence-electron chi connectivity index (χ1n) is 9.42. The highest BCUT2D eigenvalue weighted by Gasteiger charge is 2.41. The van der Waals surface area contributed by atoms with E-state index >= 15 is 0 Å². The van der Waals surface area contributed by atoms with Gasteiger partial charge in [-0.3, -0.25) is 4.98 Å². The number of aryl methyl sites for hydroxylation is 1. The summed E-state index contributed by atoms with van der Waals surface area (Å²) in [5.74, 6) is 0. The molecule has 27 heavy (non-hydrogen) atoms. The van der Waals surface area contributed by atoms with Gasteiger partial charge >= 0.3 is 0 Å². The predicted octanol–water partition coefficient (Wildman–Crippen LogP) is 4.56. The van der Waals surface area contributed by atoms with Gasteiger partial charge in [-0.2, -0.15) is 0 Å². The van der Waals surface area contributed by atoms with Gasteiger partial charge in [-0.15, -0.1) is 0 Å². The molecule has 3 heterocycles. The maximum absolute atomic E-state index is 5.70. The van der Waals surface area contributed by atoms with Gasteiger partial charge in [0.2, 0.25) is 0 Å². The largest absolute Gasteiger partial charge is 0.352 e. The number of hydrogen-bond donors (Lipinski definition) is 1. The second kappa shape index (κ2) is 7.53. The zero-order valence-corrected chi connectivity index (χ0v) is 16.5. The molecule has 1 aromatic carbocycles. The Hall–Kier alpha value is -2.66. The molecule has 0 amide bonds. The summed E-state index contributed by atoms with van der Waals surface area (Å²) < 4.78 is 2.33. The Kier molecular flexibility index (Phi) is 4.94. The van der Waals surface area contributed by atoms with Gasteiger partial charge in [-0.1, -0.05) is 31.2 Å². The molecule has 138 valence electrons. The maximum Gasteiger partial charge on any atom is 0.170 e. The smallest absolute Gasteiger partial charge is 0.170 e. The van der Waals surface area contributed by atoms with Crippen LogP contribution in [0.1, 0.15) is 42.5 Å². The van der Waals surface area contributed by atoms with E-state index < -0.39 is 0 Å². The number of para-hydroxylation sites is 1. The van der Waals surface area contributed by atoms with Gasteiger partial charge in [0, 0.05) is 29.8 Å². The molecule has 0 bridgehead atoms. The number of pyridine rings is 1. The van der Waals surface area contributed by atoms with Crippen LogP contribution in [0, 0.1) is 6.92 Å². The van der Waals surface area contributed by atoms with E-state index in [4.69, 9.17) is 12.2 Å². The lowest BCUT2D eigenvalue weighted by Crippen LogP contribution is -2.31. The molecule has 1 aliphatic rings. The highest BCUT2D eigenvalue weighted by atomic mass is 32.1. The lowest BCUT2D eigenvalue weighted by atomic mass is 10.0. The number of benzene rings is 1. The molecule has 0 spiro atoms. The Morgan fingerprint density at radius 3 is 2.52 bits per heavy atom. The minimum absolute atomic E-state index is 0.0296. The van der Waals surface area contributed by atoms with E-state index in [1.165, 1.54) is 17.1 Å². The Morgan fingerprint density at radius 2 is 1.81 bits per heavy atom. The van der Waals surface area contributed by atoms with Crippen molar-refractivity contribution in [3.05, 3.63) is 83.9 Å². The van der Waals surface area contributed by atoms with Crippen molar-refractivity contribution in [2.45, 2.75) is 32.4 Å². The molecular weight excluding hydrogens is 352 g/mol. The van der Waals surface area contributed by atoms with Gasteiger partial charge in [-0.25, -0.2) is 0 Å². The summed E-state index contributed by atoms with van der Waals surface area (Å²) in [6.07, 6.45) is 2.89. The molecule has 1 saturated heterocycles. The molecule has 0 saturated carbocycles. The molecule has 2 aromatic heterocycles. The third kappa shape index (κ3) is 3.23. The first-order valence-corrected chi connectivity index (χ1v) is 9.83. The van der Waals surface area contributed by atoms with Gasteiger partial charge < -0.3 is 14.8 Å². The molecule has 0 unspecified atom stereocenters. The fourth-order valence-electron chi connectivity index (χ4n) is 3.93. The maximum atomic E-state index is 5.70. The average molecular weight is 377 g/mol. The van der Waals surface area contributed by atoms with Crippen molar-refractivity contribution in [1.82, 2.24) is 19.8 Å². The van der Waals surface area contributed by atoms with Gasteiger partial charge in [0.15, 0.2) is 5.11 Å². The summed E-state index contributed by atoms with van der Waals surface area (Å²) in [5.41, 5.74) is 4.63. The third-order valence-corrected chi connectivity index (χ3v) is 5.44. The van der Waals surface area contributed by atoms with Crippen LogP contribution in [0.3, 0.4) is 0 Å². The molecule has 2 atom stereocenters. The first-order chi connectivity index (χ1) is 13.2. The highest BCUT2D eigenvalue weighted by molar-refractivity contribution is 7.80. The summed E-state index contributed by atoms with van der Waals surface area (Å²) in [4.78, 5) is 6.93. The van der Waals surface area contributed by atoms with Gasteiger partial charge in [0.25, 0.3) is 0 Å². The lowest BCUT2D eigenvalue weighted by Gasteiger charge is -2.29. The van der Waals surface area contributed by atoms with Crippen LogP contribution in [0.5, 0.6) is 0 Å². The Bertz CT molecular complexity index is 920. The quantitative estimate of drug-likeness (QED) is 0.662. The molecule has 0 aliphatic carbocycles. The van der Waals surface area contributed by atoms with Crippen molar-refractivity contribution in [3.8, 4) is 5.69 Å². The van der Waals surface area contributed by atoms with Crippen LogP contribution in [0.2, 0.25) is 0 Å². The lowest BCUT2D eigenvalue weighted by molar-refractivity contribution is 0.308. The highest BCUT2D eigenvalue weighted by Crippen LogP contribution is 2.40. The van der Waals surface area contributed by atoms with Crippen molar-refractivity contribution in [2.24, 2.45) is 0 Å². The van der Waals surface area contributed by atoms with Crippen LogP contribution in [-0.2, 0) is 0 Å². The van der Waals surface area contributed by atoms with E-state index in [1.54, 1.807) is 0 Å². The molecular formula is C22H24N4S. The van der Waals surface area contributed by atoms with Crippen LogP contribution in [-0.4, -0.2) is 26.1 Å². The minimum Gasteiger partial charge on any atom is -0.352 e. The molecule has 0 radical (unpaired) electrons. The Balaban J connectivity index is 1.85. The normalized spacial score (nSPS) is 19.3. The van der Waals surface area contributed by atoms with Crippen molar-refractivity contribution < 1.29 is 0 Å². The second-order valence-corrected chi connectivity index (χ2v) is 7.28. The van der Waals surface area contributed by atoms with Crippen molar-refractivity contribution in [2.75, 3.05) is 6.54 Å². The topological polar surface area (TPSA) is 33.1 Å². The van der Waals surface area contributed by atoms with Gasteiger partial charge in [-0.05, 0) is 62.0 Å². The molecule has 1 fully saturated rings. The standard InChI is InChI=1S/C22H24N4S/c1-3-15-25-21(20(24-22(25)27)18-11-7-8-14-23-18)19-13-12-16(2)26(19)17-9-5-4-6-10-17/h4-14,20-21H,3,15H2,1-2H3,(H,24,27)/t20-,21+/m0/s1. The number of nitrogens with zero attached hydrogens (tertiary/aromatic N) is 3. The summed E-state index contributed by atoms with van der Waals surface area (Å²) in [5, 5.41) is 4.32. The summed E-state index contributed by atoms with van der Waals surface area (Å²) >= 11 is 5.70. The van der Waals surface area contributed by atoms with Crippen molar-refractivity contribution in [1.29, 1.82) is 0 Å². The number of nitrogens with one attached hydrogen (secondary N) is 1. The average Bonchev–Trinajstić information content (AvgIpc) is 3.23. The van der Waals surface area contributed by atoms with E-state index in [9.17, 15) is 0 Å². The van der Waals surface area contributed by atoms with Crippen molar-refractivity contribution in [3.63, 3.8) is 0 Å². The summed E-state index contributed by atoms with van der Waals surface area (Å²) in [6, 6.07) is 21.1. The third-order valence-electron chi connectivity index (χ3n) is 5.09. The molecule has 4 nitrogen and oxygen atoms in total. The van der Waals surface area contributed by atoms with Crippen LogP contribution < -0.4 is 5.32 Å². The fraction of sp³-hybridized carbons (Fsp3) is 0.273. The Morgan fingerprint density at radius 1 is 1.04 bits per heavy atom.